The Hall–Kier alpha value is -3.30. The maximum atomic E-state index is 15.6. The van der Waals surface area contributed by atoms with Crippen LogP contribution in [0.1, 0.15) is 29.9 Å². The number of fused-ring (bicyclic) bond motifs is 2. The predicted molar refractivity (Wildman–Crippen MR) is 108 cm³/mol. The molecule has 2 aliphatic rings. The number of aryl methyl sites for hydroxylation is 2. The smallest absolute Gasteiger partial charge is 0.256 e. The summed E-state index contributed by atoms with van der Waals surface area (Å²) < 4.78 is 59.0. The lowest BCUT2D eigenvalue weighted by molar-refractivity contribution is 0.0462. The third-order valence-electron chi connectivity index (χ3n) is 6.77. The molecule has 0 bridgehead atoms. The quantitative estimate of drug-likeness (QED) is 0.455. The fourth-order valence-corrected chi connectivity index (χ4v) is 4.92. The summed E-state index contributed by atoms with van der Waals surface area (Å²) in [5.74, 6) is -3.77. The second-order valence-electron chi connectivity index (χ2n) is 8.78. The number of hydrogen-bond acceptors (Lipinski definition) is 4. The van der Waals surface area contributed by atoms with Gasteiger partial charge in [0.15, 0.2) is 11.5 Å². The number of aromatic amines is 1. The Morgan fingerprint density at radius 1 is 1.12 bits per heavy atom. The van der Waals surface area contributed by atoms with Crippen LogP contribution in [0.25, 0.3) is 33.5 Å². The fourth-order valence-electron chi connectivity index (χ4n) is 4.92. The van der Waals surface area contributed by atoms with Crippen molar-refractivity contribution in [3.8, 4) is 22.5 Å². The van der Waals surface area contributed by atoms with Crippen molar-refractivity contribution in [1.82, 2.24) is 29.9 Å². The van der Waals surface area contributed by atoms with E-state index in [1.807, 2.05) is 0 Å². The minimum atomic E-state index is -2.72. The maximum Gasteiger partial charge on any atom is 0.256 e. The molecule has 1 aliphatic carbocycles. The summed E-state index contributed by atoms with van der Waals surface area (Å²) in [4.78, 5) is 8.38. The van der Waals surface area contributed by atoms with Gasteiger partial charge in [-0.05, 0) is 38.8 Å². The zero-order valence-corrected chi connectivity index (χ0v) is 17.3. The summed E-state index contributed by atoms with van der Waals surface area (Å²) in [5, 5.41) is 12.1. The number of halogens is 4. The van der Waals surface area contributed by atoms with Crippen LogP contribution in [0.15, 0.2) is 18.3 Å². The molecule has 0 aromatic carbocycles. The summed E-state index contributed by atoms with van der Waals surface area (Å²) >= 11 is 0. The van der Waals surface area contributed by atoms with Crippen LogP contribution in [0.5, 0.6) is 0 Å². The van der Waals surface area contributed by atoms with Crippen LogP contribution < -0.4 is 0 Å². The van der Waals surface area contributed by atoms with Gasteiger partial charge >= 0.3 is 0 Å². The third kappa shape index (κ3) is 2.52. The molecule has 1 spiro atoms. The molecular weight excluding hydrogens is 424 g/mol. The molecule has 1 N–H and O–H groups in total. The van der Waals surface area contributed by atoms with Gasteiger partial charge in [0.2, 0.25) is 0 Å². The first kappa shape index (κ1) is 19.4. The van der Waals surface area contributed by atoms with Gasteiger partial charge in [0, 0.05) is 28.9 Å². The first-order valence-electron chi connectivity index (χ1n) is 10.3. The van der Waals surface area contributed by atoms with Gasteiger partial charge in [0.05, 0.1) is 34.9 Å². The van der Waals surface area contributed by atoms with Crippen LogP contribution in [-0.4, -0.2) is 35.9 Å². The minimum absolute atomic E-state index is 0.0444. The van der Waals surface area contributed by atoms with E-state index >= 15 is 4.39 Å². The monoisotopic (exact) mass is 442 g/mol. The minimum Gasteiger partial charge on any atom is -0.280 e. The summed E-state index contributed by atoms with van der Waals surface area (Å²) in [6, 6.07) is 2.70. The number of aromatic nitrogens is 6. The lowest BCUT2D eigenvalue weighted by atomic mass is 9.89. The molecule has 1 atom stereocenters. The lowest BCUT2D eigenvalue weighted by Gasteiger charge is -2.24. The maximum absolute atomic E-state index is 15.6. The Bertz CT molecular complexity index is 1400. The second kappa shape index (κ2) is 6.14. The molecule has 0 saturated heterocycles. The van der Waals surface area contributed by atoms with Crippen molar-refractivity contribution in [3.05, 3.63) is 47.0 Å². The SMILES string of the molecule is Cc1nc2n[nH]c(C)c2c(-c2c(-c3ccc(F)cn3)nn3c2CC[C@]2(C3)CC2(F)F)c1F. The Morgan fingerprint density at radius 3 is 2.59 bits per heavy atom. The lowest BCUT2D eigenvalue weighted by Crippen LogP contribution is -2.27. The van der Waals surface area contributed by atoms with E-state index in [4.69, 9.17) is 0 Å². The van der Waals surface area contributed by atoms with Crippen LogP contribution in [-0.2, 0) is 13.0 Å². The molecule has 10 heteroatoms. The number of H-pyrrole nitrogens is 1. The average molecular weight is 442 g/mol. The van der Waals surface area contributed by atoms with Gasteiger partial charge in [-0.1, -0.05) is 0 Å². The van der Waals surface area contributed by atoms with Gasteiger partial charge in [-0.2, -0.15) is 10.2 Å². The van der Waals surface area contributed by atoms with E-state index < -0.39 is 23.0 Å². The van der Waals surface area contributed by atoms with E-state index in [0.29, 0.717) is 45.8 Å². The van der Waals surface area contributed by atoms with Crippen LogP contribution >= 0.6 is 0 Å². The normalized spacial score (nSPS) is 21.3. The first-order valence-corrected chi connectivity index (χ1v) is 10.3. The molecule has 1 fully saturated rings. The molecule has 0 amide bonds. The van der Waals surface area contributed by atoms with Crippen LogP contribution in [0.4, 0.5) is 17.6 Å². The summed E-state index contributed by atoms with van der Waals surface area (Å²) in [6.07, 6.45) is 1.49. The standard InChI is InChI=1S/C22H18F4N6/c1-10-15-17(18(24)11(2)28-20(15)30-29-10)16-14-5-6-21(8-22(21,25)26)9-32(14)31-19(16)13-4-3-12(23)7-27-13/h3-4,7H,5-6,8-9H2,1-2H3,(H,28,29,30)/t21-/m1/s1. The van der Waals surface area contributed by atoms with E-state index in [1.54, 1.807) is 18.5 Å². The zero-order valence-electron chi connectivity index (χ0n) is 17.3. The van der Waals surface area contributed by atoms with Crippen molar-refractivity contribution in [2.24, 2.45) is 5.41 Å². The van der Waals surface area contributed by atoms with Gasteiger partial charge < -0.3 is 0 Å². The van der Waals surface area contributed by atoms with Crippen LogP contribution in [0.3, 0.4) is 0 Å². The highest BCUT2D eigenvalue weighted by atomic mass is 19.3. The molecule has 4 aromatic rings. The predicted octanol–water partition coefficient (Wildman–Crippen LogP) is 4.75. The van der Waals surface area contributed by atoms with Crippen LogP contribution in [0, 0.1) is 30.9 Å². The number of rotatable bonds is 2. The largest absolute Gasteiger partial charge is 0.280 e. The number of nitrogens with one attached hydrogen (secondary N) is 1. The van der Waals surface area contributed by atoms with E-state index in [-0.39, 0.29) is 30.6 Å². The van der Waals surface area contributed by atoms with E-state index in [9.17, 15) is 13.2 Å². The van der Waals surface area contributed by atoms with E-state index in [1.165, 1.54) is 12.1 Å². The summed E-state index contributed by atoms with van der Waals surface area (Å²) in [7, 11) is 0. The van der Waals surface area contributed by atoms with Crippen LogP contribution in [0.2, 0.25) is 0 Å². The number of nitrogens with zero attached hydrogens (tertiary/aromatic N) is 5. The molecule has 6 rings (SSSR count). The summed E-state index contributed by atoms with van der Waals surface area (Å²) in [6.45, 7) is 3.36. The molecule has 1 aliphatic heterocycles. The number of pyridine rings is 2. The van der Waals surface area contributed by atoms with Gasteiger partial charge in [-0.3, -0.25) is 14.8 Å². The molecular formula is C22H18F4N6. The Labute approximate surface area is 179 Å². The molecule has 0 unspecified atom stereocenters. The average Bonchev–Trinajstić information content (AvgIpc) is 3.04. The zero-order chi connectivity index (χ0) is 22.4. The Kier molecular flexibility index (Phi) is 3.72. The Balaban J connectivity index is 1.66. The number of hydrogen-bond donors (Lipinski definition) is 1. The highest BCUT2D eigenvalue weighted by Gasteiger charge is 2.71. The molecule has 4 aromatic heterocycles. The molecule has 1 saturated carbocycles. The fraction of sp³-hybridized carbons (Fsp3) is 0.364. The first-order chi connectivity index (χ1) is 15.2. The molecule has 164 valence electrons. The molecule has 5 heterocycles. The van der Waals surface area contributed by atoms with Crippen molar-refractivity contribution in [1.29, 1.82) is 0 Å². The van der Waals surface area contributed by atoms with Crippen molar-refractivity contribution in [2.45, 2.75) is 45.6 Å². The highest BCUT2D eigenvalue weighted by Crippen LogP contribution is 2.65. The van der Waals surface area contributed by atoms with Gasteiger partial charge in [-0.25, -0.2) is 22.5 Å². The van der Waals surface area contributed by atoms with E-state index in [0.717, 1.165) is 6.20 Å². The van der Waals surface area contributed by atoms with Gasteiger partial charge in [-0.15, -0.1) is 0 Å². The van der Waals surface area contributed by atoms with Crippen molar-refractivity contribution in [3.63, 3.8) is 0 Å². The van der Waals surface area contributed by atoms with Gasteiger partial charge in [0.25, 0.3) is 5.92 Å². The number of alkyl halides is 2. The van der Waals surface area contributed by atoms with Crippen molar-refractivity contribution >= 4 is 11.0 Å². The van der Waals surface area contributed by atoms with Crippen molar-refractivity contribution < 1.29 is 17.6 Å². The molecule has 0 radical (unpaired) electrons. The van der Waals surface area contributed by atoms with Gasteiger partial charge in [0.1, 0.15) is 11.5 Å². The molecule has 32 heavy (non-hydrogen) atoms. The topological polar surface area (TPSA) is 72.3 Å². The summed E-state index contributed by atoms with van der Waals surface area (Å²) in [5.41, 5.74) is 2.10. The second-order valence-corrected chi connectivity index (χ2v) is 8.78. The highest BCUT2D eigenvalue weighted by molar-refractivity contribution is 5.99. The third-order valence-corrected chi connectivity index (χ3v) is 6.77. The van der Waals surface area contributed by atoms with E-state index in [2.05, 4.69) is 25.3 Å². The molecule has 6 nitrogen and oxygen atoms in total. The van der Waals surface area contributed by atoms with Crippen molar-refractivity contribution in [2.75, 3.05) is 0 Å². The Morgan fingerprint density at radius 2 is 1.91 bits per heavy atom.